The molecule has 1 aromatic rings. The van der Waals surface area contributed by atoms with Crippen LogP contribution >= 0.6 is 0 Å². The first kappa shape index (κ1) is 17.0. The highest BCUT2D eigenvalue weighted by Crippen LogP contribution is 2.20. The quantitative estimate of drug-likeness (QED) is 0.814. The van der Waals surface area contributed by atoms with E-state index in [-0.39, 0.29) is 24.8 Å². The Kier molecular flexibility index (Phi) is 5.73. The molecular weight excluding hydrogens is 296 g/mol. The van der Waals surface area contributed by atoms with Crippen molar-refractivity contribution in [2.75, 3.05) is 26.2 Å². The molecule has 2 rings (SSSR count). The maximum Gasteiger partial charge on any atom is 0.323 e. The van der Waals surface area contributed by atoms with Crippen molar-refractivity contribution in [3.63, 3.8) is 0 Å². The van der Waals surface area contributed by atoms with Gasteiger partial charge in [-0.2, -0.15) is 0 Å². The molecule has 0 spiro atoms. The Morgan fingerprint density at radius 1 is 1.30 bits per heavy atom. The van der Waals surface area contributed by atoms with E-state index in [1.165, 1.54) is 4.90 Å². The molecule has 1 unspecified atom stereocenters. The number of hydrogen-bond acceptors (Lipinski definition) is 3. The Morgan fingerprint density at radius 3 is 2.57 bits per heavy atom. The second kappa shape index (κ2) is 7.76. The molecule has 0 saturated carbocycles. The van der Waals surface area contributed by atoms with E-state index in [0.29, 0.717) is 26.1 Å². The van der Waals surface area contributed by atoms with Gasteiger partial charge in [0.1, 0.15) is 6.54 Å². The summed E-state index contributed by atoms with van der Waals surface area (Å²) in [6.07, 6.45) is 0.770. The van der Waals surface area contributed by atoms with Crippen molar-refractivity contribution in [3.05, 3.63) is 35.9 Å². The van der Waals surface area contributed by atoms with Crippen LogP contribution in [0.2, 0.25) is 0 Å². The summed E-state index contributed by atoms with van der Waals surface area (Å²) in [5.74, 6) is -1.75. The second-order valence-corrected chi connectivity index (χ2v) is 5.72. The van der Waals surface area contributed by atoms with E-state index in [4.69, 9.17) is 5.11 Å². The number of amides is 2. The Morgan fingerprint density at radius 2 is 2.00 bits per heavy atom. The molecule has 1 heterocycles. The van der Waals surface area contributed by atoms with Gasteiger partial charge >= 0.3 is 5.97 Å². The average Bonchev–Trinajstić information content (AvgIpc) is 2.92. The first-order valence-electron chi connectivity index (χ1n) is 7.83. The van der Waals surface area contributed by atoms with Crippen LogP contribution in [0.1, 0.15) is 18.9 Å². The van der Waals surface area contributed by atoms with Crippen molar-refractivity contribution < 1.29 is 19.5 Å². The molecule has 0 aromatic heterocycles. The van der Waals surface area contributed by atoms with Gasteiger partial charge in [0.05, 0.1) is 5.92 Å². The molecule has 23 heavy (non-hydrogen) atoms. The largest absolute Gasteiger partial charge is 0.480 e. The van der Waals surface area contributed by atoms with Crippen LogP contribution < -0.4 is 0 Å². The molecule has 0 bridgehead atoms. The number of likely N-dealkylation sites (tertiary alicyclic amines) is 1. The molecular formula is C17H22N2O4. The summed E-state index contributed by atoms with van der Waals surface area (Å²) in [4.78, 5) is 38.4. The number of aliphatic carboxylic acids is 1. The minimum Gasteiger partial charge on any atom is -0.480 e. The van der Waals surface area contributed by atoms with Gasteiger partial charge in [0.25, 0.3) is 0 Å². The number of carbonyl (C=O) groups excluding carboxylic acids is 2. The monoisotopic (exact) mass is 318 g/mol. The molecule has 1 N–H and O–H groups in total. The van der Waals surface area contributed by atoms with Crippen molar-refractivity contribution in [1.29, 1.82) is 0 Å². The highest BCUT2D eigenvalue weighted by Gasteiger charge is 2.36. The van der Waals surface area contributed by atoms with Crippen LogP contribution in [0.3, 0.4) is 0 Å². The van der Waals surface area contributed by atoms with Crippen molar-refractivity contribution in [2.24, 2.45) is 5.92 Å². The van der Waals surface area contributed by atoms with Gasteiger partial charge in [-0.05, 0) is 18.9 Å². The molecule has 1 atom stereocenters. The van der Waals surface area contributed by atoms with Crippen LogP contribution in [0.15, 0.2) is 30.3 Å². The fraction of sp³-hybridized carbons (Fsp3) is 0.471. The maximum absolute atomic E-state index is 12.6. The van der Waals surface area contributed by atoms with Crippen LogP contribution in [0.25, 0.3) is 0 Å². The Bertz CT molecular complexity index is 573. The molecule has 1 aromatic carbocycles. The van der Waals surface area contributed by atoms with E-state index in [0.717, 1.165) is 5.56 Å². The summed E-state index contributed by atoms with van der Waals surface area (Å²) in [6.45, 7) is 2.84. The van der Waals surface area contributed by atoms with Gasteiger partial charge < -0.3 is 14.9 Å². The number of carbonyl (C=O) groups is 3. The molecule has 124 valence electrons. The number of hydrogen-bond donors (Lipinski definition) is 1. The number of carboxylic acids is 1. The summed E-state index contributed by atoms with van der Waals surface area (Å²) >= 11 is 0. The first-order chi connectivity index (χ1) is 11.0. The summed E-state index contributed by atoms with van der Waals surface area (Å²) in [7, 11) is 0. The van der Waals surface area contributed by atoms with Gasteiger partial charge in [0.2, 0.25) is 11.8 Å². The van der Waals surface area contributed by atoms with E-state index in [1.807, 2.05) is 37.3 Å². The Balaban J connectivity index is 2.01. The van der Waals surface area contributed by atoms with Crippen LogP contribution in [-0.4, -0.2) is 58.9 Å². The summed E-state index contributed by atoms with van der Waals surface area (Å²) in [5, 5.41) is 9.05. The molecule has 0 aliphatic carbocycles. The van der Waals surface area contributed by atoms with E-state index in [2.05, 4.69) is 0 Å². The van der Waals surface area contributed by atoms with Crippen molar-refractivity contribution in [3.8, 4) is 0 Å². The van der Waals surface area contributed by atoms with E-state index < -0.39 is 11.9 Å². The van der Waals surface area contributed by atoms with Gasteiger partial charge in [-0.15, -0.1) is 0 Å². The zero-order valence-electron chi connectivity index (χ0n) is 13.3. The lowest BCUT2D eigenvalue weighted by Crippen LogP contribution is -2.41. The Labute approximate surface area is 135 Å². The van der Waals surface area contributed by atoms with Crippen LogP contribution in [0.4, 0.5) is 0 Å². The van der Waals surface area contributed by atoms with Crippen LogP contribution in [0, 0.1) is 5.92 Å². The lowest BCUT2D eigenvalue weighted by Gasteiger charge is -2.24. The smallest absolute Gasteiger partial charge is 0.323 e. The van der Waals surface area contributed by atoms with Crippen molar-refractivity contribution in [1.82, 2.24) is 9.80 Å². The predicted octanol–water partition coefficient (Wildman–Crippen LogP) is 1.01. The van der Waals surface area contributed by atoms with Gasteiger partial charge in [-0.3, -0.25) is 14.4 Å². The van der Waals surface area contributed by atoms with E-state index in [9.17, 15) is 14.4 Å². The van der Waals surface area contributed by atoms with Crippen LogP contribution in [-0.2, 0) is 20.8 Å². The minimum absolute atomic E-state index is 0.0378. The molecule has 2 amide bonds. The molecule has 6 nitrogen and oxygen atoms in total. The maximum atomic E-state index is 12.6. The third-order valence-corrected chi connectivity index (χ3v) is 4.10. The minimum atomic E-state index is -1.04. The van der Waals surface area contributed by atoms with Crippen molar-refractivity contribution >= 4 is 17.8 Å². The first-order valence-corrected chi connectivity index (χ1v) is 7.83. The topological polar surface area (TPSA) is 77.9 Å². The highest BCUT2D eigenvalue weighted by molar-refractivity contribution is 5.90. The fourth-order valence-corrected chi connectivity index (χ4v) is 2.84. The van der Waals surface area contributed by atoms with Crippen LogP contribution in [0.5, 0.6) is 0 Å². The number of rotatable bonds is 7. The van der Waals surface area contributed by atoms with E-state index >= 15 is 0 Å². The molecule has 6 heteroatoms. The average molecular weight is 318 g/mol. The lowest BCUT2D eigenvalue weighted by molar-refractivity contribution is -0.146. The zero-order valence-corrected chi connectivity index (χ0v) is 13.3. The zero-order chi connectivity index (χ0) is 16.8. The van der Waals surface area contributed by atoms with E-state index in [1.54, 1.807) is 4.90 Å². The predicted molar refractivity (Wildman–Crippen MR) is 84.7 cm³/mol. The van der Waals surface area contributed by atoms with Gasteiger partial charge in [-0.25, -0.2) is 0 Å². The molecule has 1 aliphatic rings. The SMILES string of the molecule is CCN1CC(C(=O)N(CCc2ccccc2)CC(=O)O)CC1=O. The molecule has 1 fully saturated rings. The molecule has 0 radical (unpaired) electrons. The fourth-order valence-electron chi connectivity index (χ4n) is 2.84. The number of carboxylic acid groups (broad SMARTS) is 1. The van der Waals surface area contributed by atoms with Gasteiger partial charge in [-0.1, -0.05) is 30.3 Å². The third kappa shape index (κ3) is 4.55. The molecule has 1 saturated heterocycles. The van der Waals surface area contributed by atoms with Gasteiger partial charge in [0, 0.05) is 26.1 Å². The molecule has 1 aliphatic heterocycles. The summed E-state index contributed by atoms with van der Waals surface area (Å²) < 4.78 is 0. The second-order valence-electron chi connectivity index (χ2n) is 5.72. The number of benzene rings is 1. The normalized spacial score (nSPS) is 17.3. The Hall–Kier alpha value is -2.37. The summed E-state index contributed by atoms with van der Waals surface area (Å²) in [6, 6.07) is 9.62. The lowest BCUT2D eigenvalue weighted by atomic mass is 10.1. The van der Waals surface area contributed by atoms with Gasteiger partial charge in [0.15, 0.2) is 0 Å². The third-order valence-electron chi connectivity index (χ3n) is 4.10. The standard InChI is InChI=1S/C17H22N2O4/c1-2-18-11-14(10-15(18)20)17(23)19(12-16(21)22)9-8-13-6-4-3-5-7-13/h3-7,14H,2,8-12H2,1H3,(H,21,22). The number of nitrogens with zero attached hydrogens (tertiary/aromatic N) is 2. The highest BCUT2D eigenvalue weighted by atomic mass is 16.4. The van der Waals surface area contributed by atoms with Crippen molar-refractivity contribution in [2.45, 2.75) is 19.8 Å². The summed E-state index contributed by atoms with van der Waals surface area (Å²) in [5.41, 5.74) is 1.05.